The highest BCUT2D eigenvalue weighted by atomic mass is 16.3. The number of hydrogen-bond donors (Lipinski definition) is 3. The van der Waals surface area contributed by atoms with Crippen LogP contribution in [0.4, 0.5) is 0 Å². The second-order valence-corrected chi connectivity index (χ2v) is 4.96. The summed E-state index contributed by atoms with van der Waals surface area (Å²) in [6.45, 7) is 1.96. The van der Waals surface area contributed by atoms with Gasteiger partial charge in [0.2, 0.25) is 0 Å². The molecule has 5 nitrogen and oxygen atoms in total. The zero-order valence-electron chi connectivity index (χ0n) is 12.0. The van der Waals surface area contributed by atoms with E-state index in [1.807, 2.05) is 31.2 Å². The third kappa shape index (κ3) is 2.69. The first kappa shape index (κ1) is 13.9. The minimum Gasteiger partial charge on any atom is -0.508 e. The number of carbonyl (C=O) groups excluding carboxylic acids is 1. The van der Waals surface area contributed by atoms with Gasteiger partial charge in [-0.1, -0.05) is 18.2 Å². The van der Waals surface area contributed by atoms with E-state index >= 15 is 0 Å². The molecule has 0 aliphatic carbocycles. The summed E-state index contributed by atoms with van der Waals surface area (Å²) in [4.78, 5) is 15.2. The lowest BCUT2D eigenvalue weighted by atomic mass is 10.1. The topological polar surface area (TPSA) is 77.5 Å². The fourth-order valence-corrected chi connectivity index (χ4v) is 2.30. The van der Waals surface area contributed by atoms with E-state index in [9.17, 15) is 9.90 Å². The number of rotatable bonds is 3. The lowest BCUT2D eigenvalue weighted by molar-refractivity contribution is 0.0955. The van der Waals surface area contributed by atoms with Crippen LogP contribution in [0.15, 0.2) is 53.6 Å². The van der Waals surface area contributed by atoms with Gasteiger partial charge in [0.25, 0.3) is 5.91 Å². The molecular weight excluding hydrogens is 278 g/mol. The lowest BCUT2D eigenvalue weighted by Crippen LogP contribution is -2.17. The van der Waals surface area contributed by atoms with E-state index in [-0.39, 0.29) is 11.7 Å². The Balaban J connectivity index is 1.77. The number of hydrogen-bond acceptors (Lipinski definition) is 3. The maximum Gasteiger partial charge on any atom is 0.271 e. The maximum atomic E-state index is 11.9. The summed E-state index contributed by atoms with van der Waals surface area (Å²) >= 11 is 0. The molecule has 0 saturated carbocycles. The van der Waals surface area contributed by atoms with Crippen LogP contribution in [0.25, 0.3) is 10.9 Å². The summed E-state index contributed by atoms with van der Waals surface area (Å²) in [5.41, 5.74) is 5.89. The molecule has 2 aromatic carbocycles. The van der Waals surface area contributed by atoms with Gasteiger partial charge in [0, 0.05) is 27.7 Å². The second kappa shape index (κ2) is 5.73. The van der Waals surface area contributed by atoms with Gasteiger partial charge in [0.05, 0.1) is 6.21 Å². The van der Waals surface area contributed by atoms with Gasteiger partial charge < -0.3 is 10.1 Å². The number of nitrogens with one attached hydrogen (secondary N) is 2. The molecular formula is C17H15N3O2. The van der Waals surface area contributed by atoms with Crippen LogP contribution in [0.1, 0.15) is 21.6 Å². The number of aromatic hydroxyl groups is 1. The van der Waals surface area contributed by atoms with Gasteiger partial charge in [0.1, 0.15) is 5.75 Å². The number of aromatic amines is 1. The lowest BCUT2D eigenvalue weighted by Gasteiger charge is -2.00. The third-order valence-corrected chi connectivity index (χ3v) is 3.43. The van der Waals surface area contributed by atoms with E-state index in [1.54, 1.807) is 6.21 Å². The molecule has 5 heteroatoms. The van der Waals surface area contributed by atoms with Crippen molar-refractivity contribution in [3.05, 3.63) is 65.4 Å². The van der Waals surface area contributed by atoms with Crippen LogP contribution in [-0.2, 0) is 0 Å². The van der Waals surface area contributed by atoms with Crippen molar-refractivity contribution in [2.75, 3.05) is 0 Å². The minimum absolute atomic E-state index is 0.120. The van der Waals surface area contributed by atoms with Crippen LogP contribution in [0.3, 0.4) is 0 Å². The molecule has 1 heterocycles. The Labute approximate surface area is 127 Å². The van der Waals surface area contributed by atoms with Crippen LogP contribution >= 0.6 is 0 Å². The van der Waals surface area contributed by atoms with Gasteiger partial charge in [-0.3, -0.25) is 4.79 Å². The SMILES string of the molecule is Cc1[nH]c2ccccc2c1C=NNC(=O)c1ccc(O)cc1. The van der Waals surface area contributed by atoms with Gasteiger partial charge in [-0.05, 0) is 37.3 Å². The van der Waals surface area contributed by atoms with Gasteiger partial charge >= 0.3 is 0 Å². The molecule has 0 bridgehead atoms. The Morgan fingerprint density at radius 3 is 2.68 bits per heavy atom. The highest BCUT2D eigenvalue weighted by Crippen LogP contribution is 2.19. The summed E-state index contributed by atoms with van der Waals surface area (Å²) in [6, 6.07) is 13.9. The summed E-state index contributed by atoms with van der Waals surface area (Å²) < 4.78 is 0. The molecule has 22 heavy (non-hydrogen) atoms. The zero-order chi connectivity index (χ0) is 15.5. The van der Waals surface area contributed by atoms with Gasteiger partial charge in [-0.25, -0.2) is 5.43 Å². The molecule has 0 saturated heterocycles. The molecule has 0 fully saturated rings. The van der Waals surface area contributed by atoms with Crippen molar-refractivity contribution in [1.82, 2.24) is 10.4 Å². The molecule has 0 aliphatic rings. The van der Waals surface area contributed by atoms with Crippen LogP contribution in [0.5, 0.6) is 5.75 Å². The number of carbonyl (C=O) groups is 1. The van der Waals surface area contributed by atoms with Crippen molar-refractivity contribution in [2.45, 2.75) is 6.92 Å². The van der Waals surface area contributed by atoms with Gasteiger partial charge in [0.15, 0.2) is 0 Å². The smallest absolute Gasteiger partial charge is 0.271 e. The molecule has 110 valence electrons. The first-order valence-electron chi connectivity index (χ1n) is 6.85. The normalized spacial score (nSPS) is 11.1. The second-order valence-electron chi connectivity index (χ2n) is 4.96. The number of para-hydroxylation sites is 1. The average Bonchev–Trinajstić information content (AvgIpc) is 2.84. The van der Waals surface area contributed by atoms with Crippen molar-refractivity contribution >= 4 is 23.0 Å². The summed E-state index contributed by atoms with van der Waals surface area (Å²) in [6.07, 6.45) is 1.63. The summed E-state index contributed by atoms with van der Waals surface area (Å²) in [5, 5.41) is 14.3. The first-order valence-corrected chi connectivity index (χ1v) is 6.85. The summed E-state index contributed by atoms with van der Waals surface area (Å²) in [5.74, 6) is -0.205. The Kier molecular flexibility index (Phi) is 3.62. The molecule has 3 rings (SSSR count). The van der Waals surface area contributed by atoms with E-state index in [4.69, 9.17) is 0 Å². The molecule has 0 aliphatic heterocycles. The average molecular weight is 293 g/mol. The van der Waals surface area contributed by atoms with Crippen molar-refractivity contribution in [2.24, 2.45) is 5.10 Å². The fraction of sp³-hybridized carbons (Fsp3) is 0.0588. The first-order chi connectivity index (χ1) is 10.6. The van der Waals surface area contributed by atoms with E-state index < -0.39 is 0 Å². The molecule has 3 N–H and O–H groups in total. The number of aromatic nitrogens is 1. The largest absolute Gasteiger partial charge is 0.508 e. The van der Waals surface area contributed by atoms with Crippen LogP contribution in [0.2, 0.25) is 0 Å². The molecule has 0 unspecified atom stereocenters. The minimum atomic E-state index is -0.325. The number of benzene rings is 2. The molecule has 1 amide bonds. The van der Waals surface area contributed by atoms with Crippen LogP contribution in [0, 0.1) is 6.92 Å². The van der Waals surface area contributed by atoms with Crippen molar-refractivity contribution in [3.8, 4) is 5.75 Å². The third-order valence-electron chi connectivity index (χ3n) is 3.43. The summed E-state index contributed by atoms with van der Waals surface area (Å²) in [7, 11) is 0. The van der Waals surface area contributed by atoms with Crippen LogP contribution < -0.4 is 5.43 Å². The van der Waals surface area contributed by atoms with Gasteiger partial charge in [-0.2, -0.15) is 5.10 Å². The fourth-order valence-electron chi connectivity index (χ4n) is 2.30. The monoisotopic (exact) mass is 293 g/mol. The number of phenols is 1. The number of aryl methyl sites for hydroxylation is 1. The van der Waals surface area contributed by atoms with Crippen molar-refractivity contribution < 1.29 is 9.90 Å². The number of nitrogens with zero attached hydrogens (tertiary/aromatic N) is 1. The highest BCUT2D eigenvalue weighted by Gasteiger charge is 2.06. The zero-order valence-corrected chi connectivity index (χ0v) is 12.0. The molecule has 0 atom stereocenters. The highest BCUT2D eigenvalue weighted by molar-refractivity contribution is 6.01. The van der Waals surface area contributed by atoms with Gasteiger partial charge in [-0.15, -0.1) is 0 Å². The number of fused-ring (bicyclic) bond motifs is 1. The van der Waals surface area contributed by atoms with Crippen LogP contribution in [-0.4, -0.2) is 22.2 Å². The number of H-pyrrole nitrogens is 1. The predicted molar refractivity (Wildman–Crippen MR) is 86.2 cm³/mol. The molecule has 0 radical (unpaired) electrons. The maximum absolute atomic E-state index is 11.9. The van der Waals surface area contributed by atoms with E-state index in [2.05, 4.69) is 15.5 Å². The Morgan fingerprint density at radius 2 is 1.91 bits per heavy atom. The van der Waals surface area contributed by atoms with Crippen molar-refractivity contribution in [1.29, 1.82) is 0 Å². The number of amides is 1. The number of phenolic OH excluding ortho intramolecular Hbond substituents is 1. The quantitative estimate of drug-likeness (QED) is 0.513. The molecule has 3 aromatic rings. The van der Waals surface area contributed by atoms with Crippen molar-refractivity contribution in [3.63, 3.8) is 0 Å². The Bertz CT molecular complexity index is 848. The van der Waals surface area contributed by atoms with E-state index in [0.29, 0.717) is 5.56 Å². The Morgan fingerprint density at radius 1 is 1.18 bits per heavy atom. The standard InChI is InChI=1S/C17H15N3O2/c1-11-15(14-4-2-3-5-16(14)19-11)10-18-20-17(22)12-6-8-13(21)9-7-12/h2-10,19,21H,1H3,(H,20,22). The molecule has 1 aromatic heterocycles. The Hall–Kier alpha value is -3.08. The van der Waals surface area contributed by atoms with E-state index in [0.717, 1.165) is 22.2 Å². The number of hydrazone groups is 1. The molecule has 0 spiro atoms. The van der Waals surface area contributed by atoms with E-state index in [1.165, 1.54) is 24.3 Å². The predicted octanol–water partition coefficient (Wildman–Crippen LogP) is 2.95.